The first-order valence-corrected chi connectivity index (χ1v) is 9.17. The first kappa shape index (κ1) is 17.1. The standard InChI is InChI=1S/C18H25N7O/c1-12(17-19-11-20-26-17)24-9-7-13(8-10-24)16-22-21-15-6-5-14(18(2,3)4)23-25(15)16/h5-6,11-13H,7-10H2,1-4H3. The van der Waals surface area contributed by atoms with E-state index in [9.17, 15) is 0 Å². The molecule has 4 heterocycles. The maximum atomic E-state index is 5.21. The zero-order chi connectivity index (χ0) is 18.3. The topological polar surface area (TPSA) is 85.2 Å². The van der Waals surface area contributed by atoms with Gasteiger partial charge in [0.15, 0.2) is 17.8 Å². The van der Waals surface area contributed by atoms with Crippen LogP contribution in [0.3, 0.4) is 0 Å². The molecule has 8 heteroatoms. The predicted octanol–water partition coefficient (Wildman–Crippen LogP) is 2.75. The van der Waals surface area contributed by atoms with E-state index >= 15 is 0 Å². The van der Waals surface area contributed by atoms with Gasteiger partial charge in [0, 0.05) is 11.3 Å². The summed E-state index contributed by atoms with van der Waals surface area (Å²) in [5, 5.41) is 17.3. The zero-order valence-electron chi connectivity index (χ0n) is 15.8. The third kappa shape index (κ3) is 3.09. The van der Waals surface area contributed by atoms with Crippen molar-refractivity contribution in [2.75, 3.05) is 13.1 Å². The van der Waals surface area contributed by atoms with Crippen molar-refractivity contribution >= 4 is 5.65 Å². The number of piperidine rings is 1. The molecule has 0 spiro atoms. The molecule has 0 aromatic carbocycles. The van der Waals surface area contributed by atoms with Crippen LogP contribution < -0.4 is 0 Å². The maximum Gasteiger partial charge on any atom is 0.243 e. The second-order valence-corrected chi connectivity index (χ2v) is 8.06. The summed E-state index contributed by atoms with van der Waals surface area (Å²) in [6, 6.07) is 4.19. The molecule has 1 unspecified atom stereocenters. The van der Waals surface area contributed by atoms with Crippen molar-refractivity contribution in [1.29, 1.82) is 0 Å². The fraction of sp³-hybridized carbons (Fsp3) is 0.611. The van der Waals surface area contributed by atoms with Crippen molar-refractivity contribution in [1.82, 2.24) is 34.9 Å². The van der Waals surface area contributed by atoms with E-state index in [1.54, 1.807) is 0 Å². The Morgan fingerprint density at radius 3 is 2.58 bits per heavy atom. The van der Waals surface area contributed by atoms with E-state index in [4.69, 9.17) is 9.62 Å². The Morgan fingerprint density at radius 1 is 1.15 bits per heavy atom. The van der Waals surface area contributed by atoms with Crippen molar-refractivity contribution < 1.29 is 4.52 Å². The minimum Gasteiger partial charge on any atom is -0.338 e. The number of rotatable bonds is 3. The summed E-state index contributed by atoms with van der Waals surface area (Å²) < 4.78 is 7.14. The summed E-state index contributed by atoms with van der Waals surface area (Å²) >= 11 is 0. The number of hydrogen-bond acceptors (Lipinski definition) is 7. The van der Waals surface area contributed by atoms with Gasteiger partial charge in [-0.1, -0.05) is 25.9 Å². The van der Waals surface area contributed by atoms with Gasteiger partial charge in [0.05, 0.1) is 11.7 Å². The number of hydrogen-bond donors (Lipinski definition) is 0. The fourth-order valence-corrected chi connectivity index (χ4v) is 3.53. The fourth-order valence-electron chi connectivity index (χ4n) is 3.53. The molecule has 0 bridgehead atoms. The van der Waals surface area contributed by atoms with Gasteiger partial charge in [-0.3, -0.25) is 4.90 Å². The first-order valence-electron chi connectivity index (χ1n) is 9.17. The molecule has 0 saturated carbocycles. The average Bonchev–Trinajstić information content (AvgIpc) is 3.30. The Hall–Kier alpha value is -2.35. The van der Waals surface area contributed by atoms with Gasteiger partial charge in [-0.25, -0.2) is 0 Å². The lowest BCUT2D eigenvalue weighted by atomic mass is 9.92. The Kier molecular flexibility index (Phi) is 4.22. The quantitative estimate of drug-likeness (QED) is 0.714. The van der Waals surface area contributed by atoms with Crippen LogP contribution in [0.15, 0.2) is 23.0 Å². The van der Waals surface area contributed by atoms with E-state index in [-0.39, 0.29) is 11.5 Å². The van der Waals surface area contributed by atoms with E-state index in [0.29, 0.717) is 11.8 Å². The predicted molar refractivity (Wildman–Crippen MR) is 95.7 cm³/mol. The molecule has 1 atom stereocenters. The SMILES string of the molecule is CC(c1ncno1)N1CCC(c2nnc3ccc(C(C)(C)C)nn23)CC1. The van der Waals surface area contributed by atoms with Gasteiger partial charge in [0.1, 0.15) is 0 Å². The molecular formula is C18H25N7O. The smallest absolute Gasteiger partial charge is 0.243 e. The molecule has 1 saturated heterocycles. The van der Waals surface area contributed by atoms with Gasteiger partial charge in [0.25, 0.3) is 0 Å². The van der Waals surface area contributed by atoms with Crippen LogP contribution in [0, 0.1) is 0 Å². The van der Waals surface area contributed by atoms with Crippen molar-refractivity contribution in [3.8, 4) is 0 Å². The maximum absolute atomic E-state index is 5.21. The van der Waals surface area contributed by atoms with Crippen molar-refractivity contribution in [2.45, 2.75) is 57.9 Å². The number of likely N-dealkylation sites (tertiary alicyclic amines) is 1. The van der Waals surface area contributed by atoms with Crippen molar-refractivity contribution in [3.63, 3.8) is 0 Å². The van der Waals surface area contributed by atoms with Gasteiger partial charge < -0.3 is 4.52 Å². The Balaban J connectivity index is 1.52. The number of nitrogens with zero attached hydrogens (tertiary/aromatic N) is 7. The Labute approximate surface area is 152 Å². The highest BCUT2D eigenvalue weighted by Crippen LogP contribution is 2.31. The van der Waals surface area contributed by atoms with E-state index < -0.39 is 0 Å². The van der Waals surface area contributed by atoms with E-state index in [2.05, 4.69) is 52.9 Å². The van der Waals surface area contributed by atoms with Crippen LogP contribution in [0.2, 0.25) is 0 Å². The van der Waals surface area contributed by atoms with Crippen LogP contribution in [-0.4, -0.2) is 47.9 Å². The lowest BCUT2D eigenvalue weighted by Crippen LogP contribution is -2.35. The molecule has 0 amide bonds. The van der Waals surface area contributed by atoms with Gasteiger partial charge in [-0.15, -0.1) is 10.2 Å². The molecule has 26 heavy (non-hydrogen) atoms. The van der Waals surface area contributed by atoms with E-state index in [1.165, 1.54) is 6.33 Å². The lowest BCUT2D eigenvalue weighted by Gasteiger charge is -2.33. The molecular weight excluding hydrogens is 330 g/mol. The highest BCUT2D eigenvalue weighted by Gasteiger charge is 2.29. The summed E-state index contributed by atoms with van der Waals surface area (Å²) in [5.74, 6) is 2.00. The molecule has 1 aliphatic heterocycles. The van der Waals surface area contributed by atoms with Gasteiger partial charge >= 0.3 is 0 Å². The summed E-state index contributed by atoms with van der Waals surface area (Å²) in [7, 11) is 0. The van der Waals surface area contributed by atoms with Crippen molar-refractivity contribution in [2.24, 2.45) is 0 Å². The second-order valence-electron chi connectivity index (χ2n) is 8.06. The molecule has 3 aromatic rings. The summed E-state index contributed by atoms with van der Waals surface area (Å²) in [6.45, 7) is 10.5. The molecule has 1 aliphatic rings. The molecule has 3 aromatic heterocycles. The largest absolute Gasteiger partial charge is 0.338 e. The molecule has 0 N–H and O–H groups in total. The highest BCUT2D eigenvalue weighted by molar-refractivity contribution is 5.37. The Bertz CT molecular complexity index is 873. The van der Waals surface area contributed by atoms with E-state index in [1.807, 2.05) is 16.6 Å². The molecule has 138 valence electrons. The minimum absolute atomic E-state index is 0.00139. The molecule has 4 rings (SSSR count). The van der Waals surface area contributed by atoms with Crippen LogP contribution in [0.1, 0.15) is 69.9 Å². The van der Waals surface area contributed by atoms with Crippen LogP contribution in [0.25, 0.3) is 5.65 Å². The van der Waals surface area contributed by atoms with Crippen LogP contribution in [0.5, 0.6) is 0 Å². The monoisotopic (exact) mass is 355 g/mol. The lowest BCUT2D eigenvalue weighted by molar-refractivity contribution is 0.134. The molecule has 8 nitrogen and oxygen atoms in total. The highest BCUT2D eigenvalue weighted by atomic mass is 16.5. The zero-order valence-corrected chi connectivity index (χ0v) is 15.8. The van der Waals surface area contributed by atoms with Crippen LogP contribution >= 0.6 is 0 Å². The molecule has 0 radical (unpaired) electrons. The van der Waals surface area contributed by atoms with Crippen molar-refractivity contribution in [3.05, 3.63) is 35.9 Å². The molecule has 0 aliphatic carbocycles. The van der Waals surface area contributed by atoms with Crippen LogP contribution in [0.4, 0.5) is 0 Å². The summed E-state index contributed by atoms with van der Waals surface area (Å²) in [4.78, 5) is 6.55. The Morgan fingerprint density at radius 2 is 1.92 bits per heavy atom. The number of aromatic nitrogens is 6. The number of fused-ring (bicyclic) bond motifs is 1. The minimum atomic E-state index is -0.00139. The first-order chi connectivity index (χ1) is 12.4. The second kappa shape index (κ2) is 6.42. The normalized spacial score (nSPS) is 18.5. The third-order valence-electron chi connectivity index (χ3n) is 5.23. The molecule has 1 fully saturated rings. The summed E-state index contributed by atoms with van der Waals surface area (Å²) in [6.07, 6.45) is 3.49. The average molecular weight is 355 g/mol. The third-order valence-corrected chi connectivity index (χ3v) is 5.23. The van der Waals surface area contributed by atoms with Gasteiger partial charge in [-0.2, -0.15) is 14.6 Å². The van der Waals surface area contributed by atoms with Gasteiger partial charge in [0.2, 0.25) is 5.89 Å². The summed E-state index contributed by atoms with van der Waals surface area (Å²) in [5.41, 5.74) is 1.86. The van der Waals surface area contributed by atoms with Crippen LogP contribution in [-0.2, 0) is 5.41 Å². The van der Waals surface area contributed by atoms with Gasteiger partial charge in [-0.05, 0) is 45.0 Å². The van der Waals surface area contributed by atoms with E-state index in [0.717, 1.165) is 43.1 Å².